The van der Waals surface area contributed by atoms with E-state index in [0.29, 0.717) is 11.8 Å². The molecule has 0 saturated heterocycles. The Labute approximate surface area is 150 Å². The largest absolute Gasteiger partial charge is 0.393 e. The molecule has 4 rings (SSSR count). The van der Waals surface area contributed by atoms with Gasteiger partial charge in [-0.05, 0) is 84.5 Å². The lowest BCUT2D eigenvalue weighted by Gasteiger charge is -2.57. The fourth-order valence-electron chi connectivity index (χ4n) is 6.25. The molecule has 0 spiro atoms. The first kappa shape index (κ1) is 17.3. The molecule has 2 unspecified atom stereocenters. The standard InChI is InChI=1S/C20H27NO3S/c1-3-20-11-8-13-12-14(25(21,23)24)4-5-15(13)16(20)9-10-19(2)17(20)6-7-18(19)22/h3-5,12,16-18,22H,1,6-11H2,2H3,(H2,21,23,24)/t16?,17?,18-,19-,20+/m0/s1. The quantitative estimate of drug-likeness (QED) is 0.794. The summed E-state index contributed by atoms with van der Waals surface area (Å²) in [7, 11) is -3.67. The fourth-order valence-corrected chi connectivity index (χ4v) is 6.82. The number of hydrogen-bond acceptors (Lipinski definition) is 3. The van der Waals surface area contributed by atoms with Crippen LogP contribution >= 0.6 is 0 Å². The zero-order valence-corrected chi connectivity index (χ0v) is 15.6. The monoisotopic (exact) mass is 361 g/mol. The average molecular weight is 362 g/mol. The van der Waals surface area contributed by atoms with Crippen molar-refractivity contribution in [2.75, 3.05) is 0 Å². The third-order valence-electron chi connectivity index (χ3n) is 7.58. The normalized spacial score (nSPS) is 40.0. The molecule has 0 aromatic heterocycles. The first-order valence-electron chi connectivity index (χ1n) is 9.20. The average Bonchev–Trinajstić information content (AvgIpc) is 2.89. The van der Waals surface area contributed by atoms with Crippen molar-refractivity contribution in [3.8, 4) is 0 Å². The molecule has 0 radical (unpaired) electrons. The van der Waals surface area contributed by atoms with E-state index in [9.17, 15) is 13.5 Å². The van der Waals surface area contributed by atoms with Gasteiger partial charge in [0.2, 0.25) is 10.0 Å². The van der Waals surface area contributed by atoms with Crippen molar-refractivity contribution < 1.29 is 13.5 Å². The third-order valence-corrected chi connectivity index (χ3v) is 8.49. The Bertz CT molecular complexity index is 833. The topological polar surface area (TPSA) is 80.4 Å². The molecular weight excluding hydrogens is 334 g/mol. The van der Waals surface area contributed by atoms with Crippen molar-refractivity contribution in [2.45, 2.75) is 62.4 Å². The molecule has 136 valence electrons. The summed E-state index contributed by atoms with van der Waals surface area (Å²) >= 11 is 0. The highest BCUT2D eigenvalue weighted by Crippen LogP contribution is 2.67. The molecule has 3 aliphatic rings. The van der Waals surface area contributed by atoms with Crippen LogP contribution in [0.3, 0.4) is 0 Å². The second-order valence-corrected chi connectivity index (χ2v) is 10.0. The summed E-state index contributed by atoms with van der Waals surface area (Å²) in [6, 6.07) is 5.37. The molecule has 0 amide bonds. The summed E-state index contributed by atoms with van der Waals surface area (Å²) in [6.45, 7) is 6.45. The summed E-state index contributed by atoms with van der Waals surface area (Å²) in [4.78, 5) is 0.203. The predicted molar refractivity (Wildman–Crippen MR) is 97.6 cm³/mol. The number of benzene rings is 1. The number of hydrogen-bond donors (Lipinski definition) is 2. The molecule has 1 aromatic rings. The van der Waals surface area contributed by atoms with Gasteiger partial charge < -0.3 is 5.11 Å². The minimum atomic E-state index is -3.67. The minimum Gasteiger partial charge on any atom is -0.393 e. The predicted octanol–water partition coefficient (Wildman–Crippen LogP) is 3.11. The van der Waals surface area contributed by atoms with Crippen LogP contribution < -0.4 is 5.14 Å². The molecule has 0 bridgehead atoms. The van der Waals surface area contributed by atoms with Gasteiger partial charge in [-0.25, -0.2) is 13.6 Å². The Morgan fingerprint density at radius 1 is 1.28 bits per heavy atom. The maximum atomic E-state index is 11.7. The van der Waals surface area contributed by atoms with Crippen LogP contribution in [-0.4, -0.2) is 19.6 Å². The number of aliphatic hydroxyl groups is 1. The van der Waals surface area contributed by atoms with E-state index in [4.69, 9.17) is 5.14 Å². The Morgan fingerprint density at radius 2 is 2.04 bits per heavy atom. The molecule has 5 heteroatoms. The van der Waals surface area contributed by atoms with Gasteiger partial charge in [0, 0.05) is 0 Å². The van der Waals surface area contributed by atoms with Crippen LogP contribution in [-0.2, 0) is 16.4 Å². The summed E-state index contributed by atoms with van der Waals surface area (Å²) in [5, 5.41) is 15.9. The highest BCUT2D eigenvalue weighted by atomic mass is 32.2. The first-order chi connectivity index (χ1) is 11.7. The highest BCUT2D eigenvalue weighted by Gasteiger charge is 2.60. The van der Waals surface area contributed by atoms with Crippen molar-refractivity contribution in [1.29, 1.82) is 0 Å². The first-order valence-corrected chi connectivity index (χ1v) is 10.7. The number of nitrogens with two attached hydrogens (primary N) is 1. The molecule has 1 aromatic carbocycles. The van der Waals surface area contributed by atoms with Crippen LogP contribution in [0.25, 0.3) is 0 Å². The highest BCUT2D eigenvalue weighted by molar-refractivity contribution is 7.89. The van der Waals surface area contributed by atoms with Gasteiger partial charge in [0.1, 0.15) is 0 Å². The number of allylic oxidation sites excluding steroid dienone is 1. The molecule has 2 fully saturated rings. The van der Waals surface area contributed by atoms with E-state index in [2.05, 4.69) is 19.6 Å². The van der Waals surface area contributed by atoms with Crippen molar-refractivity contribution in [1.82, 2.24) is 0 Å². The molecule has 25 heavy (non-hydrogen) atoms. The lowest BCUT2D eigenvalue weighted by molar-refractivity contribution is -0.0528. The zero-order valence-electron chi connectivity index (χ0n) is 14.7. The van der Waals surface area contributed by atoms with Crippen LogP contribution in [0.5, 0.6) is 0 Å². The molecular formula is C20H27NO3S. The zero-order chi connectivity index (χ0) is 18.0. The second kappa shape index (κ2) is 5.41. The number of primary sulfonamides is 1. The molecule has 0 aliphatic heterocycles. The van der Waals surface area contributed by atoms with E-state index in [1.807, 2.05) is 6.07 Å². The maximum absolute atomic E-state index is 11.7. The van der Waals surface area contributed by atoms with Gasteiger partial charge in [0.15, 0.2) is 0 Å². The SMILES string of the molecule is C=C[C@@]12CCc3cc(S(N)(=O)=O)ccc3C1CC[C@@]1(C)C2CC[C@@H]1O. The van der Waals surface area contributed by atoms with Crippen molar-refractivity contribution in [2.24, 2.45) is 21.9 Å². The Kier molecular flexibility index (Phi) is 3.74. The number of aliphatic hydroxyl groups excluding tert-OH is 1. The maximum Gasteiger partial charge on any atom is 0.238 e. The molecule has 5 atom stereocenters. The molecule has 2 saturated carbocycles. The fraction of sp³-hybridized carbons (Fsp3) is 0.600. The Morgan fingerprint density at radius 3 is 2.72 bits per heavy atom. The van der Waals surface area contributed by atoms with Gasteiger partial charge in [-0.3, -0.25) is 0 Å². The van der Waals surface area contributed by atoms with Crippen molar-refractivity contribution in [3.63, 3.8) is 0 Å². The van der Waals surface area contributed by atoms with Crippen molar-refractivity contribution >= 4 is 10.0 Å². The van der Waals surface area contributed by atoms with Gasteiger partial charge in [-0.1, -0.05) is 19.1 Å². The van der Waals surface area contributed by atoms with Gasteiger partial charge in [0.05, 0.1) is 11.0 Å². The van der Waals surface area contributed by atoms with Crippen molar-refractivity contribution in [3.05, 3.63) is 42.0 Å². The van der Waals surface area contributed by atoms with E-state index in [-0.39, 0.29) is 21.8 Å². The van der Waals surface area contributed by atoms with E-state index < -0.39 is 10.0 Å². The van der Waals surface area contributed by atoms with E-state index in [1.54, 1.807) is 12.1 Å². The smallest absolute Gasteiger partial charge is 0.238 e. The van der Waals surface area contributed by atoms with E-state index in [0.717, 1.165) is 44.1 Å². The third kappa shape index (κ3) is 2.29. The Hall–Kier alpha value is -1.17. The summed E-state index contributed by atoms with van der Waals surface area (Å²) in [5.74, 6) is 0.795. The molecule has 3 N–H and O–H groups in total. The van der Waals surface area contributed by atoms with Crippen LogP contribution in [0.15, 0.2) is 35.7 Å². The van der Waals surface area contributed by atoms with Gasteiger partial charge in [-0.2, -0.15) is 0 Å². The van der Waals surface area contributed by atoms with Crippen LogP contribution in [0.1, 0.15) is 56.1 Å². The lowest BCUT2D eigenvalue weighted by atomic mass is 9.47. The number of sulfonamides is 1. The van der Waals surface area contributed by atoms with Gasteiger partial charge in [-0.15, -0.1) is 6.58 Å². The van der Waals surface area contributed by atoms with E-state index >= 15 is 0 Å². The number of fused-ring (bicyclic) bond motifs is 5. The van der Waals surface area contributed by atoms with Gasteiger partial charge >= 0.3 is 0 Å². The molecule has 4 nitrogen and oxygen atoms in total. The second-order valence-electron chi connectivity index (χ2n) is 8.46. The summed E-state index contributed by atoms with van der Waals surface area (Å²) < 4.78 is 23.4. The Balaban J connectivity index is 1.81. The van der Waals surface area contributed by atoms with Gasteiger partial charge in [0.25, 0.3) is 0 Å². The lowest BCUT2D eigenvalue weighted by Crippen LogP contribution is -2.50. The summed E-state index contributed by atoms with van der Waals surface area (Å²) in [6.07, 6.45) is 7.67. The van der Waals surface area contributed by atoms with Crippen LogP contribution in [0.2, 0.25) is 0 Å². The van der Waals surface area contributed by atoms with Crippen LogP contribution in [0.4, 0.5) is 0 Å². The summed E-state index contributed by atoms with van der Waals surface area (Å²) in [5.41, 5.74) is 2.33. The molecule has 0 heterocycles. The minimum absolute atomic E-state index is 0.000582. The van der Waals surface area contributed by atoms with E-state index in [1.165, 1.54) is 5.56 Å². The van der Waals surface area contributed by atoms with Crippen LogP contribution in [0, 0.1) is 16.7 Å². The number of aryl methyl sites for hydroxylation is 1. The molecule has 3 aliphatic carbocycles. The number of rotatable bonds is 2.